The number of rotatable bonds is 3. The minimum Gasteiger partial charge on any atom is -0.320 e. The summed E-state index contributed by atoms with van der Waals surface area (Å²) in [6.45, 7) is 2.20. The molecule has 0 bridgehead atoms. The van der Waals surface area contributed by atoms with E-state index in [0.717, 1.165) is 6.42 Å². The Morgan fingerprint density at radius 1 is 1.24 bits per heavy atom. The van der Waals surface area contributed by atoms with Crippen molar-refractivity contribution in [3.63, 3.8) is 0 Å². The van der Waals surface area contributed by atoms with Crippen molar-refractivity contribution in [2.24, 2.45) is 5.73 Å². The molecular formula is C15H23NS. The summed E-state index contributed by atoms with van der Waals surface area (Å²) < 4.78 is 0. The molecule has 2 rings (SSSR count). The minimum absolute atomic E-state index is 0.151. The fourth-order valence-electron chi connectivity index (χ4n) is 2.43. The summed E-state index contributed by atoms with van der Waals surface area (Å²) in [6.07, 6.45) is 11.3. The van der Waals surface area contributed by atoms with Crippen LogP contribution in [0.25, 0.3) is 0 Å². The maximum absolute atomic E-state index is 6.40. The molecule has 0 amide bonds. The Balaban J connectivity index is 2.08. The van der Waals surface area contributed by atoms with Gasteiger partial charge in [-0.05, 0) is 44.2 Å². The lowest BCUT2D eigenvalue weighted by atomic mass is 9.95. The SMILES string of the molecule is CCc1ccc(C(N)/C2=C/CCCCCC2)s1. The van der Waals surface area contributed by atoms with Gasteiger partial charge >= 0.3 is 0 Å². The lowest BCUT2D eigenvalue weighted by Gasteiger charge is -2.17. The average molecular weight is 249 g/mol. The third kappa shape index (κ3) is 3.43. The van der Waals surface area contributed by atoms with E-state index < -0.39 is 0 Å². The molecule has 94 valence electrons. The molecule has 1 aliphatic carbocycles. The smallest absolute Gasteiger partial charge is 0.0605 e. The van der Waals surface area contributed by atoms with Gasteiger partial charge in [0.1, 0.15) is 0 Å². The van der Waals surface area contributed by atoms with Crippen LogP contribution in [0.2, 0.25) is 0 Å². The summed E-state index contributed by atoms with van der Waals surface area (Å²) in [4.78, 5) is 2.79. The number of thiophene rings is 1. The van der Waals surface area contributed by atoms with E-state index in [4.69, 9.17) is 5.73 Å². The van der Waals surface area contributed by atoms with Crippen LogP contribution in [-0.2, 0) is 6.42 Å². The molecule has 0 radical (unpaired) electrons. The van der Waals surface area contributed by atoms with Crippen LogP contribution in [0.4, 0.5) is 0 Å². The van der Waals surface area contributed by atoms with E-state index in [1.165, 1.54) is 53.9 Å². The van der Waals surface area contributed by atoms with Gasteiger partial charge in [0.2, 0.25) is 0 Å². The zero-order valence-electron chi connectivity index (χ0n) is 10.7. The zero-order chi connectivity index (χ0) is 12.1. The molecule has 17 heavy (non-hydrogen) atoms. The zero-order valence-corrected chi connectivity index (χ0v) is 11.6. The second-order valence-corrected chi connectivity index (χ2v) is 6.07. The molecule has 1 atom stereocenters. The number of hydrogen-bond donors (Lipinski definition) is 1. The van der Waals surface area contributed by atoms with E-state index >= 15 is 0 Å². The average Bonchev–Trinajstić information content (AvgIpc) is 2.76. The number of hydrogen-bond acceptors (Lipinski definition) is 2. The quantitative estimate of drug-likeness (QED) is 0.779. The van der Waals surface area contributed by atoms with Gasteiger partial charge < -0.3 is 5.73 Å². The molecular weight excluding hydrogens is 226 g/mol. The molecule has 0 aliphatic heterocycles. The van der Waals surface area contributed by atoms with E-state index in [1.54, 1.807) is 0 Å². The molecule has 1 nitrogen and oxygen atoms in total. The molecule has 1 aliphatic rings. The predicted octanol–water partition coefficient (Wildman–Crippen LogP) is 4.59. The van der Waals surface area contributed by atoms with Crippen LogP contribution < -0.4 is 5.73 Å². The highest BCUT2D eigenvalue weighted by Gasteiger charge is 2.14. The van der Waals surface area contributed by atoms with Crippen LogP contribution in [-0.4, -0.2) is 0 Å². The van der Waals surface area contributed by atoms with Crippen molar-refractivity contribution in [1.29, 1.82) is 0 Å². The van der Waals surface area contributed by atoms with E-state index in [9.17, 15) is 0 Å². The first-order chi connectivity index (χ1) is 8.31. The van der Waals surface area contributed by atoms with Gasteiger partial charge in [0.05, 0.1) is 6.04 Å². The molecule has 2 heteroatoms. The van der Waals surface area contributed by atoms with E-state index in [-0.39, 0.29) is 6.04 Å². The molecule has 1 aromatic rings. The molecule has 0 spiro atoms. The van der Waals surface area contributed by atoms with Crippen LogP contribution in [0.1, 0.15) is 61.2 Å². The molecule has 0 saturated heterocycles. The van der Waals surface area contributed by atoms with Crippen LogP contribution in [0.5, 0.6) is 0 Å². The lowest BCUT2D eigenvalue weighted by Crippen LogP contribution is -2.12. The van der Waals surface area contributed by atoms with Crippen molar-refractivity contribution in [2.75, 3.05) is 0 Å². The van der Waals surface area contributed by atoms with Gasteiger partial charge in [0, 0.05) is 9.75 Å². The molecule has 0 aromatic carbocycles. The Labute approximate surface area is 109 Å². The van der Waals surface area contributed by atoms with Crippen molar-refractivity contribution < 1.29 is 0 Å². The van der Waals surface area contributed by atoms with Crippen LogP contribution >= 0.6 is 11.3 Å². The summed E-state index contributed by atoms with van der Waals surface area (Å²) in [5.41, 5.74) is 7.87. The summed E-state index contributed by atoms with van der Waals surface area (Å²) >= 11 is 1.88. The number of aryl methyl sites for hydroxylation is 1. The minimum atomic E-state index is 0.151. The highest BCUT2D eigenvalue weighted by molar-refractivity contribution is 7.12. The van der Waals surface area contributed by atoms with Gasteiger partial charge in [-0.2, -0.15) is 0 Å². The topological polar surface area (TPSA) is 26.0 Å². The van der Waals surface area contributed by atoms with Crippen LogP contribution in [0, 0.1) is 0 Å². The molecule has 2 N–H and O–H groups in total. The predicted molar refractivity (Wildman–Crippen MR) is 76.4 cm³/mol. The Bertz CT molecular complexity index is 378. The third-order valence-corrected chi connectivity index (χ3v) is 4.88. The highest BCUT2D eigenvalue weighted by atomic mass is 32.1. The van der Waals surface area contributed by atoms with Crippen molar-refractivity contribution in [3.8, 4) is 0 Å². The van der Waals surface area contributed by atoms with Gasteiger partial charge in [-0.15, -0.1) is 11.3 Å². The van der Waals surface area contributed by atoms with E-state index in [1.807, 2.05) is 11.3 Å². The van der Waals surface area contributed by atoms with Gasteiger partial charge in [-0.25, -0.2) is 0 Å². The fraction of sp³-hybridized carbons (Fsp3) is 0.600. The van der Waals surface area contributed by atoms with E-state index in [0.29, 0.717) is 0 Å². The van der Waals surface area contributed by atoms with Crippen LogP contribution in [0.3, 0.4) is 0 Å². The summed E-state index contributed by atoms with van der Waals surface area (Å²) in [7, 11) is 0. The molecule has 1 aromatic heterocycles. The Morgan fingerprint density at radius 3 is 2.82 bits per heavy atom. The summed E-state index contributed by atoms with van der Waals surface area (Å²) in [5.74, 6) is 0. The second kappa shape index (κ2) is 6.36. The standard InChI is InChI=1S/C15H23NS/c1-2-13-10-11-14(17-13)15(16)12-8-6-4-3-5-7-9-12/h8,10-11,15H,2-7,9,16H2,1H3/b12-8+. The Kier molecular flexibility index (Phi) is 4.81. The molecule has 0 fully saturated rings. The van der Waals surface area contributed by atoms with Crippen molar-refractivity contribution >= 4 is 11.3 Å². The van der Waals surface area contributed by atoms with Crippen molar-refractivity contribution in [2.45, 2.75) is 57.9 Å². The Hall–Kier alpha value is -0.600. The number of nitrogens with two attached hydrogens (primary N) is 1. The molecule has 1 heterocycles. The maximum Gasteiger partial charge on any atom is 0.0605 e. The Morgan fingerprint density at radius 2 is 2.06 bits per heavy atom. The third-order valence-electron chi connectivity index (χ3n) is 3.56. The normalized spacial score (nSPS) is 22.4. The van der Waals surface area contributed by atoms with E-state index in [2.05, 4.69) is 25.1 Å². The van der Waals surface area contributed by atoms with Crippen molar-refractivity contribution in [3.05, 3.63) is 33.5 Å². The largest absolute Gasteiger partial charge is 0.320 e. The molecule has 0 saturated carbocycles. The van der Waals surface area contributed by atoms with Gasteiger partial charge in [0.15, 0.2) is 0 Å². The maximum atomic E-state index is 6.40. The van der Waals surface area contributed by atoms with Crippen LogP contribution in [0.15, 0.2) is 23.8 Å². The van der Waals surface area contributed by atoms with Gasteiger partial charge in [0.25, 0.3) is 0 Å². The second-order valence-electron chi connectivity index (χ2n) is 4.87. The highest BCUT2D eigenvalue weighted by Crippen LogP contribution is 2.31. The molecule has 1 unspecified atom stereocenters. The summed E-state index contributed by atoms with van der Waals surface area (Å²) in [5, 5.41) is 0. The van der Waals surface area contributed by atoms with Crippen molar-refractivity contribution in [1.82, 2.24) is 0 Å². The lowest BCUT2D eigenvalue weighted by molar-refractivity contribution is 0.604. The fourth-order valence-corrected chi connectivity index (χ4v) is 3.43. The first-order valence-corrected chi connectivity index (χ1v) is 7.66. The first kappa shape index (κ1) is 12.8. The van der Waals surface area contributed by atoms with Gasteiger partial charge in [-0.1, -0.05) is 31.4 Å². The monoisotopic (exact) mass is 249 g/mol. The summed E-state index contributed by atoms with van der Waals surface area (Å²) in [6, 6.07) is 4.59. The number of allylic oxidation sites excluding steroid dienone is 1. The first-order valence-electron chi connectivity index (χ1n) is 6.84. The van der Waals surface area contributed by atoms with Gasteiger partial charge in [-0.3, -0.25) is 0 Å².